The van der Waals surface area contributed by atoms with Gasteiger partial charge in [-0.25, -0.2) is 5.43 Å². The van der Waals surface area contributed by atoms with Gasteiger partial charge >= 0.3 is 0 Å². The third kappa shape index (κ3) is 4.46. The van der Waals surface area contributed by atoms with Crippen LogP contribution >= 0.6 is 11.6 Å². The Balaban J connectivity index is 1.50. The first kappa shape index (κ1) is 18.1. The van der Waals surface area contributed by atoms with Crippen LogP contribution < -0.4 is 5.43 Å². The van der Waals surface area contributed by atoms with Gasteiger partial charge in [-0.1, -0.05) is 29.8 Å². The van der Waals surface area contributed by atoms with Crippen LogP contribution in [0.5, 0.6) is 0 Å². The Morgan fingerprint density at radius 2 is 1.88 bits per heavy atom. The zero-order chi connectivity index (χ0) is 18.4. The summed E-state index contributed by atoms with van der Waals surface area (Å²) in [7, 11) is 0. The Labute approximate surface area is 156 Å². The van der Waals surface area contributed by atoms with Crippen LogP contribution in [-0.2, 0) is 4.79 Å². The standard InChI is InChI=1S/C19H19ClN4O2/c20-17-7-2-1-6-16(17)19(26)24-11-8-14(9-12-24)18(25)23-22-13-15-5-3-4-10-21-15/h1-7,10,13-14H,8-9,11-12H2,(H,23,25)/b22-13-. The first-order valence-electron chi connectivity index (χ1n) is 8.43. The predicted octanol–water partition coefficient (Wildman–Crippen LogP) is 2.74. The van der Waals surface area contributed by atoms with Gasteiger partial charge in [0.25, 0.3) is 5.91 Å². The number of piperidine rings is 1. The van der Waals surface area contributed by atoms with Crippen molar-refractivity contribution in [3.05, 3.63) is 64.9 Å². The number of carbonyl (C=O) groups excluding carboxylic acids is 2. The van der Waals surface area contributed by atoms with Crippen LogP contribution in [0, 0.1) is 5.92 Å². The molecule has 1 aliphatic heterocycles. The molecular weight excluding hydrogens is 352 g/mol. The van der Waals surface area contributed by atoms with Gasteiger partial charge in [0.2, 0.25) is 5.91 Å². The molecule has 7 heteroatoms. The molecule has 3 rings (SSSR count). The van der Waals surface area contributed by atoms with Gasteiger partial charge in [-0.3, -0.25) is 14.6 Å². The van der Waals surface area contributed by atoms with Crippen LogP contribution in [0.15, 0.2) is 53.8 Å². The summed E-state index contributed by atoms with van der Waals surface area (Å²) >= 11 is 6.09. The molecule has 0 atom stereocenters. The van der Waals surface area contributed by atoms with E-state index >= 15 is 0 Å². The number of nitrogens with zero attached hydrogens (tertiary/aromatic N) is 3. The monoisotopic (exact) mass is 370 g/mol. The van der Waals surface area contributed by atoms with Gasteiger partial charge < -0.3 is 4.90 Å². The predicted molar refractivity (Wildman–Crippen MR) is 100 cm³/mol. The van der Waals surface area contributed by atoms with Gasteiger partial charge in [-0.05, 0) is 37.1 Å². The Bertz CT molecular complexity index is 802. The molecular formula is C19H19ClN4O2. The summed E-state index contributed by atoms with van der Waals surface area (Å²) < 4.78 is 0. The van der Waals surface area contributed by atoms with E-state index in [1.165, 1.54) is 6.21 Å². The van der Waals surface area contributed by atoms with E-state index in [1.54, 1.807) is 41.4 Å². The van der Waals surface area contributed by atoms with E-state index in [2.05, 4.69) is 15.5 Å². The van der Waals surface area contributed by atoms with Gasteiger partial charge in [0, 0.05) is 25.2 Å². The number of hydrazone groups is 1. The molecule has 6 nitrogen and oxygen atoms in total. The normalized spacial score (nSPS) is 15.2. The molecule has 2 amide bonds. The number of hydrogen-bond acceptors (Lipinski definition) is 4. The summed E-state index contributed by atoms with van der Waals surface area (Å²) in [6, 6.07) is 12.5. The molecule has 0 unspecified atom stereocenters. The Kier molecular flexibility index (Phi) is 5.96. The molecule has 0 aliphatic carbocycles. The minimum atomic E-state index is -0.161. The molecule has 1 fully saturated rings. The fourth-order valence-corrected chi connectivity index (χ4v) is 3.07. The van der Waals surface area contributed by atoms with E-state index in [4.69, 9.17) is 11.6 Å². The lowest BCUT2D eigenvalue weighted by Gasteiger charge is -2.31. The van der Waals surface area contributed by atoms with Crippen molar-refractivity contribution in [1.29, 1.82) is 0 Å². The van der Waals surface area contributed by atoms with Crippen LogP contribution in [0.25, 0.3) is 0 Å². The summed E-state index contributed by atoms with van der Waals surface area (Å²) in [5, 5.41) is 4.39. The highest BCUT2D eigenvalue weighted by atomic mass is 35.5. The van der Waals surface area contributed by atoms with Crippen LogP contribution in [0.4, 0.5) is 0 Å². The molecule has 1 aromatic carbocycles. The van der Waals surface area contributed by atoms with Gasteiger partial charge in [-0.2, -0.15) is 5.10 Å². The number of amides is 2. The van der Waals surface area contributed by atoms with E-state index in [1.807, 2.05) is 12.1 Å². The first-order valence-corrected chi connectivity index (χ1v) is 8.80. The fraction of sp³-hybridized carbons (Fsp3) is 0.263. The largest absolute Gasteiger partial charge is 0.339 e. The number of likely N-dealkylation sites (tertiary alicyclic amines) is 1. The second-order valence-electron chi connectivity index (χ2n) is 6.04. The van der Waals surface area contributed by atoms with Crippen molar-refractivity contribution in [2.24, 2.45) is 11.0 Å². The minimum absolute atomic E-state index is 0.0948. The molecule has 0 radical (unpaired) electrons. The number of halogens is 1. The number of pyridine rings is 1. The third-order valence-electron chi connectivity index (χ3n) is 4.32. The molecule has 0 saturated carbocycles. The lowest BCUT2D eigenvalue weighted by Crippen LogP contribution is -2.42. The average molecular weight is 371 g/mol. The molecule has 1 saturated heterocycles. The van der Waals surface area contributed by atoms with Crippen LogP contribution in [0.2, 0.25) is 5.02 Å². The molecule has 26 heavy (non-hydrogen) atoms. The van der Waals surface area contributed by atoms with E-state index in [-0.39, 0.29) is 17.7 Å². The Morgan fingerprint density at radius 3 is 2.58 bits per heavy atom. The molecule has 1 aromatic heterocycles. The van der Waals surface area contributed by atoms with Crippen molar-refractivity contribution in [3.8, 4) is 0 Å². The highest BCUT2D eigenvalue weighted by molar-refractivity contribution is 6.33. The molecule has 1 aliphatic rings. The van der Waals surface area contributed by atoms with Crippen molar-refractivity contribution in [3.63, 3.8) is 0 Å². The average Bonchev–Trinajstić information content (AvgIpc) is 2.69. The fourth-order valence-electron chi connectivity index (χ4n) is 2.86. The number of nitrogens with one attached hydrogen (secondary N) is 1. The van der Waals surface area contributed by atoms with E-state index < -0.39 is 0 Å². The molecule has 2 aromatic rings. The summed E-state index contributed by atoms with van der Waals surface area (Å²) in [6.07, 6.45) is 4.37. The van der Waals surface area contributed by atoms with Crippen molar-refractivity contribution < 1.29 is 9.59 Å². The van der Waals surface area contributed by atoms with Crippen molar-refractivity contribution in [1.82, 2.24) is 15.3 Å². The molecule has 134 valence electrons. The molecule has 0 spiro atoms. The van der Waals surface area contributed by atoms with E-state index in [0.717, 1.165) is 0 Å². The maximum Gasteiger partial charge on any atom is 0.255 e. The lowest BCUT2D eigenvalue weighted by atomic mass is 9.95. The van der Waals surface area contributed by atoms with Crippen LogP contribution in [-0.4, -0.2) is 41.0 Å². The van der Waals surface area contributed by atoms with E-state index in [9.17, 15) is 9.59 Å². The third-order valence-corrected chi connectivity index (χ3v) is 4.65. The Hall–Kier alpha value is -2.73. The number of rotatable bonds is 4. The highest BCUT2D eigenvalue weighted by Gasteiger charge is 2.28. The number of hydrogen-bond donors (Lipinski definition) is 1. The summed E-state index contributed by atoms with van der Waals surface area (Å²) in [6.45, 7) is 1.04. The summed E-state index contributed by atoms with van der Waals surface area (Å²) in [5.74, 6) is -0.393. The van der Waals surface area contributed by atoms with Crippen molar-refractivity contribution >= 4 is 29.6 Å². The van der Waals surface area contributed by atoms with Crippen molar-refractivity contribution in [2.45, 2.75) is 12.8 Å². The smallest absolute Gasteiger partial charge is 0.255 e. The molecule has 0 bridgehead atoms. The maximum absolute atomic E-state index is 12.5. The van der Waals surface area contributed by atoms with Gasteiger partial charge in [0.15, 0.2) is 0 Å². The summed E-state index contributed by atoms with van der Waals surface area (Å²) in [4.78, 5) is 30.6. The van der Waals surface area contributed by atoms with Gasteiger partial charge in [-0.15, -0.1) is 0 Å². The lowest BCUT2D eigenvalue weighted by molar-refractivity contribution is -0.126. The molecule has 2 heterocycles. The van der Waals surface area contributed by atoms with E-state index in [0.29, 0.717) is 42.2 Å². The van der Waals surface area contributed by atoms with Crippen molar-refractivity contribution in [2.75, 3.05) is 13.1 Å². The topological polar surface area (TPSA) is 74.7 Å². The number of benzene rings is 1. The van der Waals surface area contributed by atoms with Gasteiger partial charge in [0.05, 0.1) is 22.5 Å². The van der Waals surface area contributed by atoms with Crippen LogP contribution in [0.1, 0.15) is 28.9 Å². The highest BCUT2D eigenvalue weighted by Crippen LogP contribution is 2.22. The van der Waals surface area contributed by atoms with Gasteiger partial charge in [0.1, 0.15) is 0 Å². The zero-order valence-electron chi connectivity index (χ0n) is 14.1. The first-order chi connectivity index (χ1) is 12.6. The molecule has 1 N–H and O–H groups in total. The second-order valence-corrected chi connectivity index (χ2v) is 6.44. The quantitative estimate of drug-likeness (QED) is 0.664. The number of carbonyl (C=O) groups is 2. The Morgan fingerprint density at radius 1 is 1.15 bits per heavy atom. The number of aromatic nitrogens is 1. The maximum atomic E-state index is 12.5. The summed E-state index contributed by atoms with van der Waals surface area (Å²) in [5.41, 5.74) is 3.72. The SMILES string of the molecule is O=C(N/N=C\c1ccccn1)C1CCN(C(=O)c2ccccc2Cl)CC1. The zero-order valence-corrected chi connectivity index (χ0v) is 14.9. The van der Waals surface area contributed by atoms with Crippen LogP contribution in [0.3, 0.4) is 0 Å². The second kappa shape index (κ2) is 8.58. The minimum Gasteiger partial charge on any atom is -0.339 e.